The van der Waals surface area contributed by atoms with E-state index in [-0.39, 0.29) is 10.9 Å². The quantitative estimate of drug-likeness (QED) is 0.599. The Kier molecular flexibility index (Phi) is 4.93. The van der Waals surface area contributed by atoms with E-state index in [0.717, 1.165) is 5.75 Å². The largest absolute Gasteiger partial charge is 0.542 e. The number of aromatic nitrogens is 1. The minimum absolute atomic E-state index is 0.0998. The molecule has 0 atom stereocenters. The van der Waals surface area contributed by atoms with Gasteiger partial charge < -0.3 is 15.9 Å². The molecule has 4 N–H and O–H groups in total. The van der Waals surface area contributed by atoms with Crippen LogP contribution in [-0.2, 0) is 0 Å². The van der Waals surface area contributed by atoms with Gasteiger partial charge >= 0.3 is 0 Å². The SMILES string of the molecule is CC(C)(C)[Si](C)(C)Oc1ccccc1/N=N/c1ccc(N)nc1N. The highest BCUT2D eigenvalue weighted by Crippen LogP contribution is 2.40. The third-order valence-corrected chi connectivity index (χ3v) is 8.57. The van der Waals surface area contributed by atoms with Gasteiger partial charge in [-0.15, -0.1) is 10.2 Å². The minimum atomic E-state index is -1.96. The zero-order chi connectivity index (χ0) is 18.0. The molecule has 0 unspecified atom stereocenters. The summed E-state index contributed by atoms with van der Waals surface area (Å²) in [6.07, 6.45) is 0. The molecule has 2 rings (SSSR count). The zero-order valence-electron chi connectivity index (χ0n) is 14.9. The summed E-state index contributed by atoms with van der Waals surface area (Å²) >= 11 is 0. The molecule has 0 aliphatic rings. The number of para-hydroxylation sites is 1. The van der Waals surface area contributed by atoms with Gasteiger partial charge in [-0.05, 0) is 42.4 Å². The molecule has 1 aromatic heterocycles. The van der Waals surface area contributed by atoms with Crippen LogP contribution in [0.2, 0.25) is 18.1 Å². The van der Waals surface area contributed by atoms with Gasteiger partial charge in [0.25, 0.3) is 8.32 Å². The van der Waals surface area contributed by atoms with Crippen molar-refractivity contribution in [1.29, 1.82) is 0 Å². The lowest BCUT2D eigenvalue weighted by Gasteiger charge is -2.36. The molecule has 2 aromatic rings. The van der Waals surface area contributed by atoms with Gasteiger partial charge in [0.2, 0.25) is 0 Å². The molecular weight excluding hydrogens is 318 g/mol. The van der Waals surface area contributed by atoms with Crippen LogP contribution in [0.5, 0.6) is 5.75 Å². The predicted octanol–water partition coefficient (Wildman–Crippen LogP) is 5.05. The highest BCUT2D eigenvalue weighted by atomic mass is 28.4. The Morgan fingerprint density at radius 2 is 1.58 bits per heavy atom. The van der Waals surface area contributed by atoms with Crippen molar-refractivity contribution >= 4 is 31.3 Å². The van der Waals surface area contributed by atoms with E-state index < -0.39 is 8.32 Å². The van der Waals surface area contributed by atoms with Crippen molar-refractivity contribution < 1.29 is 4.43 Å². The van der Waals surface area contributed by atoms with Crippen LogP contribution >= 0.6 is 0 Å². The van der Waals surface area contributed by atoms with Crippen molar-refractivity contribution in [1.82, 2.24) is 4.98 Å². The van der Waals surface area contributed by atoms with Crippen molar-refractivity contribution in [3.63, 3.8) is 0 Å². The first-order valence-corrected chi connectivity index (χ1v) is 10.7. The molecule has 7 heteroatoms. The number of azo groups is 1. The normalized spacial score (nSPS) is 12.5. The number of nitrogen functional groups attached to an aromatic ring is 2. The molecule has 0 saturated carbocycles. The van der Waals surface area contributed by atoms with Gasteiger partial charge in [0.15, 0.2) is 5.82 Å². The number of nitrogens with zero attached hydrogens (tertiary/aromatic N) is 3. The summed E-state index contributed by atoms with van der Waals surface area (Å²) in [6, 6.07) is 11.0. The first-order valence-electron chi connectivity index (χ1n) is 7.82. The van der Waals surface area contributed by atoms with E-state index in [1.807, 2.05) is 24.3 Å². The van der Waals surface area contributed by atoms with Crippen LogP contribution in [0.1, 0.15) is 20.8 Å². The van der Waals surface area contributed by atoms with Gasteiger partial charge in [0, 0.05) is 0 Å². The van der Waals surface area contributed by atoms with Crippen LogP contribution in [0, 0.1) is 0 Å². The summed E-state index contributed by atoms with van der Waals surface area (Å²) in [7, 11) is -1.96. The number of benzene rings is 1. The molecule has 0 aliphatic carbocycles. The maximum atomic E-state index is 6.35. The summed E-state index contributed by atoms with van der Waals surface area (Å²) in [5.74, 6) is 1.34. The maximum absolute atomic E-state index is 6.35. The molecule has 24 heavy (non-hydrogen) atoms. The van der Waals surface area contributed by atoms with E-state index in [4.69, 9.17) is 15.9 Å². The number of hydrogen-bond donors (Lipinski definition) is 2. The highest BCUT2D eigenvalue weighted by molar-refractivity contribution is 6.74. The maximum Gasteiger partial charge on any atom is 0.250 e. The molecule has 0 radical (unpaired) electrons. The molecule has 0 amide bonds. The molecule has 0 fully saturated rings. The summed E-state index contributed by atoms with van der Waals surface area (Å²) in [5.41, 5.74) is 12.5. The summed E-state index contributed by atoms with van der Waals surface area (Å²) in [6.45, 7) is 11.0. The van der Waals surface area contributed by atoms with Crippen LogP contribution in [0.25, 0.3) is 0 Å². The molecule has 0 aliphatic heterocycles. The predicted molar refractivity (Wildman–Crippen MR) is 102 cm³/mol. The molecule has 0 saturated heterocycles. The highest BCUT2D eigenvalue weighted by Gasteiger charge is 2.39. The lowest BCUT2D eigenvalue weighted by molar-refractivity contribution is 0.493. The fourth-order valence-electron chi connectivity index (χ4n) is 1.73. The van der Waals surface area contributed by atoms with E-state index in [1.54, 1.807) is 12.1 Å². The monoisotopic (exact) mass is 343 g/mol. The molecular formula is C17H25N5OSi. The fraction of sp³-hybridized carbons (Fsp3) is 0.353. The van der Waals surface area contributed by atoms with Crippen molar-refractivity contribution in [2.75, 3.05) is 11.5 Å². The smallest absolute Gasteiger partial charge is 0.250 e. The van der Waals surface area contributed by atoms with E-state index >= 15 is 0 Å². The molecule has 128 valence electrons. The fourth-order valence-corrected chi connectivity index (χ4v) is 2.76. The van der Waals surface area contributed by atoms with E-state index in [1.165, 1.54) is 0 Å². The second-order valence-corrected chi connectivity index (χ2v) is 11.9. The molecule has 1 aromatic carbocycles. The number of rotatable bonds is 4. The van der Waals surface area contributed by atoms with Gasteiger partial charge in [0.05, 0.1) is 0 Å². The van der Waals surface area contributed by atoms with Crippen LogP contribution in [-0.4, -0.2) is 13.3 Å². The van der Waals surface area contributed by atoms with E-state index in [9.17, 15) is 0 Å². The van der Waals surface area contributed by atoms with Crippen molar-refractivity contribution in [2.45, 2.75) is 38.9 Å². The Bertz CT molecular complexity index is 753. The third kappa shape index (κ3) is 4.11. The standard InChI is InChI=1S/C17H25N5OSi/c1-17(2,3)24(4,5)23-14-9-7-6-8-12(14)21-22-13-10-11-15(18)20-16(13)19/h6-11H,1-5H3,(H4,18,19,20)/b22-21+. The Hall–Kier alpha value is -2.41. The van der Waals surface area contributed by atoms with E-state index in [0.29, 0.717) is 17.2 Å². The lowest BCUT2D eigenvalue weighted by Crippen LogP contribution is -2.43. The first kappa shape index (κ1) is 17.9. The summed E-state index contributed by atoms with van der Waals surface area (Å²) < 4.78 is 6.35. The van der Waals surface area contributed by atoms with Gasteiger partial charge in [0.1, 0.15) is 22.9 Å². The Labute approximate surface area is 144 Å². The second-order valence-electron chi connectivity index (χ2n) is 7.17. The topological polar surface area (TPSA) is 98.9 Å². The van der Waals surface area contributed by atoms with Gasteiger partial charge in [-0.2, -0.15) is 0 Å². The average Bonchev–Trinajstić information content (AvgIpc) is 2.46. The van der Waals surface area contributed by atoms with Crippen LogP contribution in [0.4, 0.5) is 23.0 Å². The summed E-state index contributed by atoms with van der Waals surface area (Å²) in [4.78, 5) is 3.98. The zero-order valence-corrected chi connectivity index (χ0v) is 15.9. The van der Waals surface area contributed by atoms with Crippen molar-refractivity contribution in [3.05, 3.63) is 36.4 Å². The molecule has 1 heterocycles. The number of pyridine rings is 1. The Balaban J connectivity index is 2.31. The van der Waals surface area contributed by atoms with Crippen LogP contribution < -0.4 is 15.9 Å². The molecule has 0 spiro atoms. The van der Waals surface area contributed by atoms with Crippen molar-refractivity contribution in [3.8, 4) is 5.75 Å². The number of anilines is 2. The van der Waals surface area contributed by atoms with Gasteiger partial charge in [-0.25, -0.2) is 4.98 Å². The van der Waals surface area contributed by atoms with E-state index in [2.05, 4.69) is 49.1 Å². The minimum Gasteiger partial charge on any atom is -0.542 e. The van der Waals surface area contributed by atoms with Crippen LogP contribution in [0.15, 0.2) is 46.6 Å². The first-order chi connectivity index (χ1) is 11.1. The average molecular weight is 344 g/mol. The van der Waals surface area contributed by atoms with Gasteiger partial charge in [-0.3, -0.25) is 0 Å². The second kappa shape index (κ2) is 6.60. The third-order valence-electron chi connectivity index (χ3n) is 4.23. The number of nitrogens with two attached hydrogens (primary N) is 2. The Morgan fingerprint density at radius 3 is 2.21 bits per heavy atom. The molecule has 6 nitrogen and oxygen atoms in total. The lowest BCUT2D eigenvalue weighted by atomic mass is 10.2. The Morgan fingerprint density at radius 1 is 0.958 bits per heavy atom. The molecule has 0 bridgehead atoms. The van der Waals surface area contributed by atoms with Gasteiger partial charge in [-0.1, -0.05) is 32.9 Å². The van der Waals surface area contributed by atoms with Crippen molar-refractivity contribution in [2.24, 2.45) is 10.2 Å². The summed E-state index contributed by atoms with van der Waals surface area (Å²) in [5, 5.41) is 8.58. The van der Waals surface area contributed by atoms with Crippen LogP contribution in [0.3, 0.4) is 0 Å². The number of hydrogen-bond acceptors (Lipinski definition) is 6.